The smallest absolute Gasteiger partial charge is 0.294 e. The normalized spacial score (nSPS) is 11.2. The van der Waals surface area contributed by atoms with Gasteiger partial charge in [-0.1, -0.05) is 12.1 Å². The Hall–Kier alpha value is -2.25. The molecule has 26 heavy (non-hydrogen) atoms. The molecule has 0 bridgehead atoms. The number of hydrogen-bond acceptors (Lipinski definition) is 5. The molecule has 2 aromatic carbocycles. The molecule has 2 rings (SSSR count). The van der Waals surface area contributed by atoms with E-state index in [9.17, 15) is 13.0 Å². The maximum atomic E-state index is 11.4. The summed E-state index contributed by atoms with van der Waals surface area (Å²) in [7, 11) is -4.23. The van der Waals surface area contributed by atoms with Crippen molar-refractivity contribution in [3.05, 3.63) is 48.0 Å². The van der Waals surface area contributed by atoms with Crippen LogP contribution in [0.2, 0.25) is 0 Å². The zero-order valence-corrected chi connectivity index (χ0v) is 16.1. The maximum absolute atomic E-state index is 11.4. The lowest BCUT2D eigenvalue weighted by Crippen LogP contribution is -2.23. The van der Waals surface area contributed by atoms with Crippen LogP contribution in [-0.2, 0) is 16.7 Å². The van der Waals surface area contributed by atoms with Gasteiger partial charge in [-0.2, -0.15) is 8.42 Å². The van der Waals surface area contributed by atoms with Gasteiger partial charge in [0.25, 0.3) is 10.1 Å². The van der Waals surface area contributed by atoms with E-state index < -0.39 is 10.1 Å². The first-order chi connectivity index (χ1) is 12.4. The van der Waals surface area contributed by atoms with E-state index in [4.69, 9.17) is 9.47 Å². The second-order valence-electron chi connectivity index (χ2n) is 5.63. The summed E-state index contributed by atoms with van der Waals surface area (Å²) < 4.78 is 43.3. The van der Waals surface area contributed by atoms with Gasteiger partial charge in [0.2, 0.25) is 0 Å². The van der Waals surface area contributed by atoms with Crippen molar-refractivity contribution in [2.75, 3.05) is 24.7 Å². The molecule has 0 aliphatic heterocycles. The number of benzene rings is 2. The van der Waals surface area contributed by atoms with Crippen LogP contribution < -0.4 is 14.4 Å². The predicted octanol–water partition coefficient (Wildman–Crippen LogP) is 3.76. The van der Waals surface area contributed by atoms with E-state index in [1.807, 2.05) is 45.0 Å². The van der Waals surface area contributed by atoms with Gasteiger partial charge in [0.15, 0.2) is 0 Å². The van der Waals surface area contributed by atoms with Crippen LogP contribution in [0.4, 0.5) is 5.69 Å². The van der Waals surface area contributed by atoms with Gasteiger partial charge < -0.3 is 14.4 Å². The summed E-state index contributed by atoms with van der Waals surface area (Å²) in [5.41, 5.74) is 1.64. The van der Waals surface area contributed by atoms with Gasteiger partial charge >= 0.3 is 0 Å². The van der Waals surface area contributed by atoms with Crippen LogP contribution in [0.1, 0.15) is 26.3 Å². The number of anilines is 1. The van der Waals surface area contributed by atoms with Crippen LogP contribution in [0.3, 0.4) is 0 Å². The van der Waals surface area contributed by atoms with Crippen LogP contribution in [0.25, 0.3) is 0 Å². The average molecular weight is 379 g/mol. The molecule has 1 N–H and O–H groups in total. The molecule has 0 amide bonds. The van der Waals surface area contributed by atoms with E-state index in [2.05, 4.69) is 4.90 Å². The maximum Gasteiger partial charge on any atom is 0.294 e. The molecule has 0 aromatic heterocycles. The van der Waals surface area contributed by atoms with E-state index >= 15 is 0 Å². The Morgan fingerprint density at radius 3 is 2.35 bits per heavy atom. The Kier molecular flexibility index (Phi) is 6.88. The predicted molar refractivity (Wildman–Crippen MR) is 102 cm³/mol. The summed E-state index contributed by atoms with van der Waals surface area (Å²) in [5, 5.41) is 0. The van der Waals surface area contributed by atoms with Gasteiger partial charge in [-0.05, 0) is 50.6 Å². The Bertz CT molecular complexity index is 836. The number of ether oxygens (including phenoxy) is 2. The third kappa shape index (κ3) is 5.12. The van der Waals surface area contributed by atoms with E-state index in [0.29, 0.717) is 26.3 Å². The molecule has 0 aliphatic rings. The molecule has 6 nitrogen and oxygen atoms in total. The molecule has 0 heterocycles. The molecular weight excluding hydrogens is 354 g/mol. The lowest BCUT2D eigenvalue weighted by molar-refractivity contribution is 0.330. The summed E-state index contributed by atoms with van der Waals surface area (Å²) >= 11 is 0. The van der Waals surface area contributed by atoms with Gasteiger partial charge in [0.05, 0.1) is 23.8 Å². The summed E-state index contributed by atoms with van der Waals surface area (Å²) in [6.07, 6.45) is 0. The summed E-state index contributed by atoms with van der Waals surface area (Å²) in [4.78, 5) is 1.95. The number of hydrogen-bond donors (Lipinski definition) is 1. The van der Waals surface area contributed by atoms with Gasteiger partial charge in [0, 0.05) is 19.2 Å². The van der Waals surface area contributed by atoms with Crippen LogP contribution in [-0.4, -0.2) is 32.7 Å². The van der Waals surface area contributed by atoms with Crippen molar-refractivity contribution >= 4 is 15.8 Å². The minimum Gasteiger partial charge on any atom is -0.494 e. The fraction of sp³-hybridized carbons (Fsp3) is 0.368. The quantitative estimate of drug-likeness (QED) is 0.669. The van der Waals surface area contributed by atoms with Crippen molar-refractivity contribution in [2.24, 2.45) is 0 Å². The second-order valence-corrected chi connectivity index (χ2v) is 7.05. The number of nitrogens with zero attached hydrogens (tertiary/aromatic N) is 1. The van der Waals surface area contributed by atoms with Gasteiger partial charge in [0.1, 0.15) is 11.5 Å². The highest BCUT2D eigenvalue weighted by molar-refractivity contribution is 7.85. The lowest BCUT2D eigenvalue weighted by Gasteiger charge is -2.26. The molecule has 0 fully saturated rings. The molecule has 0 saturated carbocycles. The summed E-state index contributed by atoms with van der Waals surface area (Å²) in [6, 6.07) is 12.0. The monoisotopic (exact) mass is 379 g/mol. The van der Waals surface area contributed by atoms with Gasteiger partial charge in [-0.15, -0.1) is 0 Å². The van der Waals surface area contributed by atoms with Crippen molar-refractivity contribution in [2.45, 2.75) is 32.2 Å². The third-order valence-corrected chi connectivity index (χ3v) is 4.68. The molecule has 142 valence electrons. The Morgan fingerprint density at radius 1 is 1.00 bits per heavy atom. The topological polar surface area (TPSA) is 76.1 Å². The van der Waals surface area contributed by atoms with Crippen molar-refractivity contribution in [1.82, 2.24) is 0 Å². The van der Waals surface area contributed by atoms with Crippen LogP contribution in [0, 0.1) is 0 Å². The average Bonchev–Trinajstić information content (AvgIpc) is 2.61. The molecular formula is C19H25NO5S. The first-order valence-corrected chi connectivity index (χ1v) is 10.0. The van der Waals surface area contributed by atoms with Gasteiger partial charge in [-0.25, -0.2) is 0 Å². The van der Waals surface area contributed by atoms with Crippen LogP contribution >= 0.6 is 0 Å². The fourth-order valence-electron chi connectivity index (χ4n) is 2.67. The van der Waals surface area contributed by atoms with Gasteiger partial charge in [-0.3, -0.25) is 4.55 Å². The first-order valence-electron chi connectivity index (χ1n) is 8.60. The van der Waals surface area contributed by atoms with Crippen LogP contribution in [0.15, 0.2) is 47.4 Å². The molecule has 0 unspecified atom stereocenters. The molecule has 7 heteroatoms. The van der Waals surface area contributed by atoms with E-state index in [-0.39, 0.29) is 4.90 Å². The summed E-state index contributed by atoms with van der Waals surface area (Å²) in [5.74, 6) is 1.49. The second kappa shape index (κ2) is 8.91. The molecule has 2 aromatic rings. The van der Waals surface area contributed by atoms with Crippen LogP contribution in [0.5, 0.6) is 11.5 Å². The number of rotatable bonds is 9. The molecule has 0 saturated heterocycles. The van der Waals surface area contributed by atoms with Crippen molar-refractivity contribution in [3.63, 3.8) is 0 Å². The van der Waals surface area contributed by atoms with Crippen molar-refractivity contribution in [1.29, 1.82) is 0 Å². The minimum absolute atomic E-state index is 0.112. The molecule has 0 spiro atoms. The van der Waals surface area contributed by atoms with E-state index in [1.54, 1.807) is 6.07 Å². The van der Waals surface area contributed by atoms with E-state index in [0.717, 1.165) is 22.7 Å². The minimum atomic E-state index is -4.23. The molecule has 0 radical (unpaired) electrons. The molecule has 0 aliphatic carbocycles. The Morgan fingerprint density at radius 2 is 1.73 bits per heavy atom. The third-order valence-electron chi connectivity index (χ3n) is 3.83. The SMILES string of the molecule is CCOc1ccc(OCC)c(N(CC)Cc2cccc(S(=O)(=O)O)c2)c1. The largest absolute Gasteiger partial charge is 0.494 e. The highest BCUT2D eigenvalue weighted by Crippen LogP contribution is 2.33. The standard InChI is InChI=1S/C19H25NO5S/c1-4-20(14-15-8-7-9-17(12-15)26(21,22)23)18-13-16(24-5-2)10-11-19(18)25-6-3/h7-13H,4-6,14H2,1-3H3,(H,21,22,23). The Balaban J connectivity index is 2.37. The molecule has 0 atom stereocenters. The summed E-state index contributed by atoms with van der Waals surface area (Å²) in [6.45, 7) is 8.12. The van der Waals surface area contributed by atoms with Crippen molar-refractivity contribution in [3.8, 4) is 11.5 Å². The van der Waals surface area contributed by atoms with Crippen molar-refractivity contribution < 1.29 is 22.4 Å². The lowest BCUT2D eigenvalue weighted by atomic mass is 10.2. The highest BCUT2D eigenvalue weighted by Gasteiger charge is 2.15. The zero-order valence-electron chi connectivity index (χ0n) is 15.3. The zero-order chi connectivity index (χ0) is 19.2. The van der Waals surface area contributed by atoms with E-state index in [1.165, 1.54) is 12.1 Å². The first kappa shape index (κ1) is 20.1. The highest BCUT2D eigenvalue weighted by atomic mass is 32.2. The Labute approximate surface area is 155 Å². The fourth-order valence-corrected chi connectivity index (χ4v) is 3.22.